The molecule has 140 valence electrons. The summed E-state index contributed by atoms with van der Waals surface area (Å²) >= 11 is 0. The number of aryl methyl sites for hydroxylation is 2. The molecule has 2 aromatic rings. The molecule has 0 spiro atoms. The highest BCUT2D eigenvalue weighted by atomic mass is 16.3. The van der Waals surface area contributed by atoms with Gasteiger partial charge in [-0.25, -0.2) is 4.98 Å². The highest BCUT2D eigenvalue weighted by molar-refractivity contribution is 5.92. The van der Waals surface area contributed by atoms with Crippen LogP contribution in [-0.2, 0) is 13.1 Å². The summed E-state index contributed by atoms with van der Waals surface area (Å²) in [5, 5.41) is 0. The van der Waals surface area contributed by atoms with Crippen LogP contribution in [0.4, 0.5) is 0 Å². The molecular weight excluding hydrogens is 326 g/mol. The summed E-state index contributed by atoms with van der Waals surface area (Å²) in [5.74, 6) is 0.592. The zero-order chi connectivity index (χ0) is 18.7. The number of hydrogen-bond acceptors (Lipinski definition) is 4. The van der Waals surface area contributed by atoms with Gasteiger partial charge in [-0.3, -0.25) is 9.69 Å². The first-order valence-electron chi connectivity index (χ1n) is 9.48. The zero-order valence-electron chi connectivity index (χ0n) is 16.3. The summed E-state index contributed by atoms with van der Waals surface area (Å²) < 4.78 is 5.62. The molecule has 1 aromatic carbocycles. The van der Waals surface area contributed by atoms with Crippen molar-refractivity contribution in [2.24, 2.45) is 0 Å². The molecule has 0 N–H and O–H groups in total. The Kier molecular flexibility index (Phi) is 5.77. The molecule has 1 fully saturated rings. The topological polar surface area (TPSA) is 49.6 Å². The van der Waals surface area contributed by atoms with Crippen LogP contribution in [-0.4, -0.2) is 39.8 Å². The number of benzene rings is 1. The minimum atomic E-state index is -0.0110. The molecule has 0 unspecified atom stereocenters. The predicted octanol–water partition coefficient (Wildman–Crippen LogP) is 3.94. The summed E-state index contributed by atoms with van der Waals surface area (Å²) in [4.78, 5) is 21.1. The van der Waals surface area contributed by atoms with Gasteiger partial charge < -0.3 is 9.32 Å². The van der Waals surface area contributed by atoms with E-state index in [4.69, 9.17) is 4.42 Å². The SMILES string of the molecule is Cc1ccc(C)c(CN(Cc2nc(C(=O)N3CCCC3)co2)C(C)C)c1. The Morgan fingerprint density at radius 1 is 1.23 bits per heavy atom. The molecule has 1 saturated heterocycles. The molecule has 5 heteroatoms. The minimum Gasteiger partial charge on any atom is -0.447 e. The van der Waals surface area contributed by atoms with E-state index in [-0.39, 0.29) is 5.91 Å². The molecule has 0 radical (unpaired) electrons. The first kappa shape index (κ1) is 18.6. The first-order valence-corrected chi connectivity index (χ1v) is 9.48. The average Bonchev–Trinajstić information content (AvgIpc) is 3.28. The molecular formula is C21H29N3O2. The fourth-order valence-corrected chi connectivity index (χ4v) is 3.35. The van der Waals surface area contributed by atoms with E-state index in [1.54, 1.807) is 0 Å². The molecule has 0 saturated carbocycles. The van der Waals surface area contributed by atoms with Crippen LogP contribution >= 0.6 is 0 Å². The van der Waals surface area contributed by atoms with Crippen molar-refractivity contribution in [1.82, 2.24) is 14.8 Å². The molecule has 0 aliphatic carbocycles. The number of carbonyl (C=O) groups excluding carboxylic acids is 1. The number of hydrogen-bond donors (Lipinski definition) is 0. The molecule has 1 amide bonds. The Hall–Kier alpha value is -2.14. The van der Waals surface area contributed by atoms with Gasteiger partial charge in [0.25, 0.3) is 5.91 Å². The number of nitrogens with zero attached hydrogens (tertiary/aromatic N) is 3. The number of amides is 1. The summed E-state index contributed by atoms with van der Waals surface area (Å²) in [5.41, 5.74) is 4.30. The second-order valence-corrected chi connectivity index (χ2v) is 7.55. The van der Waals surface area contributed by atoms with Crippen molar-refractivity contribution < 1.29 is 9.21 Å². The van der Waals surface area contributed by atoms with Crippen LogP contribution in [0.5, 0.6) is 0 Å². The van der Waals surface area contributed by atoms with Gasteiger partial charge in [-0.15, -0.1) is 0 Å². The Labute approximate surface area is 156 Å². The third kappa shape index (κ3) is 4.33. The lowest BCUT2D eigenvalue weighted by atomic mass is 10.0. The van der Waals surface area contributed by atoms with Crippen molar-refractivity contribution in [2.75, 3.05) is 13.1 Å². The van der Waals surface area contributed by atoms with Crippen LogP contribution in [0.3, 0.4) is 0 Å². The van der Waals surface area contributed by atoms with Crippen molar-refractivity contribution >= 4 is 5.91 Å². The van der Waals surface area contributed by atoms with Crippen molar-refractivity contribution in [3.63, 3.8) is 0 Å². The maximum atomic E-state index is 12.4. The second kappa shape index (κ2) is 8.04. The Morgan fingerprint density at radius 2 is 1.96 bits per heavy atom. The fraction of sp³-hybridized carbons (Fsp3) is 0.524. The van der Waals surface area contributed by atoms with E-state index >= 15 is 0 Å². The largest absolute Gasteiger partial charge is 0.447 e. The number of oxazole rings is 1. The van der Waals surface area contributed by atoms with Crippen molar-refractivity contribution in [3.05, 3.63) is 52.7 Å². The molecule has 26 heavy (non-hydrogen) atoms. The highest BCUT2D eigenvalue weighted by Gasteiger charge is 2.23. The van der Waals surface area contributed by atoms with Gasteiger partial charge in [0.05, 0.1) is 6.54 Å². The Morgan fingerprint density at radius 3 is 2.65 bits per heavy atom. The van der Waals surface area contributed by atoms with E-state index in [0.29, 0.717) is 24.2 Å². The Bertz CT molecular complexity index is 760. The third-order valence-electron chi connectivity index (χ3n) is 5.11. The van der Waals surface area contributed by atoms with Gasteiger partial charge in [-0.05, 0) is 51.7 Å². The Balaban J connectivity index is 1.70. The quantitative estimate of drug-likeness (QED) is 0.787. The monoisotopic (exact) mass is 355 g/mol. The van der Waals surface area contributed by atoms with Gasteiger partial charge >= 0.3 is 0 Å². The highest BCUT2D eigenvalue weighted by Crippen LogP contribution is 2.18. The molecule has 1 aromatic heterocycles. The first-order chi connectivity index (χ1) is 12.4. The minimum absolute atomic E-state index is 0.0110. The normalized spacial score (nSPS) is 14.6. The van der Waals surface area contributed by atoms with Crippen LogP contribution < -0.4 is 0 Å². The van der Waals surface area contributed by atoms with E-state index in [1.165, 1.54) is 23.0 Å². The molecule has 1 aliphatic rings. The van der Waals surface area contributed by atoms with E-state index in [1.807, 2.05) is 4.90 Å². The van der Waals surface area contributed by atoms with Crippen LogP contribution in [0, 0.1) is 13.8 Å². The van der Waals surface area contributed by atoms with Gasteiger partial charge in [0.15, 0.2) is 5.69 Å². The molecule has 5 nitrogen and oxygen atoms in total. The summed E-state index contributed by atoms with van der Waals surface area (Å²) in [7, 11) is 0. The van der Waals surface area contributed by atoms with Crippen LogP contribution in [0.25, 0.3) is 0 Å². The zero-order valence-corrected chi connectivity index (χ0v) is 16.3. The van der Waals surface area contributed by atoms with Gasteiger partial charge in [0.2, 0.25) is 5.89 Å². The van der Waals surface area contributed by atoms with E-state index < -0.39 is 0 Å². The molecule has 2 heterocycles. The smallest absolute Gasteiger partial charge is 0.275 e. The van der Waals surface area contributed by atoms with Crippen LogP contribution in [0.15, 0.2) is 28.9 Å². The lowest BCUT2D eigenvalue weighted by Crippen LogP contribution is -2.30. The number of rotatable bonds is 6. The lowest BCUT2D eigenvalue weighted by Gasteiger charge is -2.26. The van der Waals surface area contributed by atoms with Crippen molar-refractivity contribution in [2.45, 2.75) is 59.7 Å². The van der Waals surface area contributed by atoms with Crippen molar-refractivity contribution in [1.29, 1.82) is 0 Å². The summed E-state index contributed by atoms with van der Waals surface area (Å²) in [6, 6.07) is 6.90. The summed E-state index contributed by atoms with van der Waals surface area (Å²) in [6.45, 7) is 11.7. The maximum absolute atomic E-state index is 12.4. The molecule has 0 atom stereocenters. The third-order valence-corrected chi connectivity index (χ3v) is 5.11. The number of aromatic nitrogens is 1. The molecule has 0 bridgehead atoms. The van der Waals surface area contributed by atoms with E-state index in [0.717, 1.165) is 32.5 Å². The predicted molar refractivity (Wildman–Crippen MR) is 102 cm³/mol. The standard InChI is InChI=1S/C21H29N3O2/c1-15(2)24(12-18-11-16(3)7-8-17(18)4)13-20-22-19(14-26-20)21(25)23-9-5-6-10-23/h7-8,11,14-15H,5-6,9-10,12-13H2,1-4H3. The fourth-order valence-electron chi connectivity index (χ4n) is 3.35. The second-order valence-electron chi connectivity index (χ2n) is 7.55. The van der Waals surface area contributed by atoms with E-state index in [2.05, 4.69) is 55.8 Å². The maximum Gasteiger partial charge on any atom is 0.275 e. The lowest BCUT2D eigenvalue weighted by molar-refractivity contribution is 0.0787. The van der Waals surface area contributed by atoms with Gasteiger partial charge in [0.1, 0.15) is 6.26 Å². The van der Waals surface area contributed by atoms with Gasteiger partial charge in [-0.2, -0.15) is 0 Å². The van der Waals surface area contributed by atoms with E-state index in [9.17, 15) is 4.79 Å². The molecule has 3 rings (SSSR count). The molecule has 1 aliphatic heterocycles. The number of likely N-dealkylation sites (tertiary alicyclic amines) is 1. The summed E-state index contributed by atoms with van der Waals surface area (Å²) in [6.07, 6.45) is 3.66. The van der Waals surface area contributed by atoms with Gasteiger partial charge in [-0.1, -0.05) is 23.8 Å². The average molecular weight is 355 g/mol. The van der Waals surface area contributed by atoms with Crippen LogP contribution in [0.2, 0.25) is 0 Å². The van der Waals surface area contributed by atoms with Gasteiger partial charge in [0, 0.05) is 25.7 Å². The van der Waals surface area contributed by atoms with Crippen LogP contribution in [0.1, 0.15) is 59.8 Å². The van der Waals surface area contributed by atoms with Crippen molar-refractivity contribution in [3.8, 4) is 0 Å². The number of carbonyl (C=O) groups is 1.